The van der Waals surface area contributed by atoms with Crippen LogP contribution in [0.2, 0.25) is 0 Å². The number of imidazole rings is 1. The van der Waals surface area contributed by atoms with Crippen LogP contribution in [0.4, 0.5) is 0 Å². The quantitative estimate of drug-likeness (QED) is 0.393. The van der Waals surface area contributed by atoms with Gasteiger partial charge in [0, 0.05) is 11.9 Å². The van der Waals surface area contributed by atoms with Gasteiger partial charge in [-0.1, -0.05) is 59.3 Å². The summed E-state index contributed by atoms with van der Waals surface area (Å²) in [6.07, 6.45) is 1.85. The van der Waals surface area contributed by atoms with Crippen LogP contribution in [0.5, 0.6) is 0 Å². The Morgan fingerprint density at radius 1 is 0.893 bits per heavy atom. The molecule has 0 fully saturated rings. The van der Waals surface area contributed by atoms with Gasteiger partial charge < -0.3 is 0 Å². The van der Waals surface area contributed by atoms with Gasteiger partial charge in [-0.05, 0) is 62.1 Å². The Hall–Kier alpha value is -2.59. The number of pyridine rings is 1. The van der Waals surface area contributed by atoms with E-state index in [-0.39, 0.29) is 0 Å². The highest BCUT2D eigenvalue weighted by atomic mass is 32.2. The summed E-state index contributed by atoms with van der Waals surface area (Å²) in [5.41, 5.74) is 9.83. The fraction of sp³-hybridized carbons (Fsp3) is 0.250. The number of hydrogen-bond donors (Lipinski definition) is 0. The van der Waals surface area contributed by atoms with Crippen LogP contribution in [-0.2, 0) is 12.3 Å². The zero-order valence-electron chi connectivity index (χ0n) is 16.9. The van der Waals surface area contributed by atoms with Gasteiger partial charge in [-0.25, -0.2) is 9.97 Å². The van der Waals surface area contributed by atoms with Gasteiger partial charge in [-0.3, -0.25) is 4.57 Å². The molecule has 0 aliphatic carbocycles. The molecule has 0 bridgehead atoms. The summed E-state index contributed by atoms with van der Waals surface area (Å²) < 4.78 is 2.26. The maximum Gasteiger partial charge on any atom is 0.170 e. The van der Waals surface area contributed by atoms with E-state index in [0.29, 0.717) is 0 Å². The summed E-state index contributed by atoms with van der Waals surface area (Å²) in [5.74, 6) is 0.900. The Labute approximate surface area is 170 Å². The molecule has 2 aromatic carbocycles. The van der Waals surface area contributed by atoms with Gasteiger partial charge in [-0.2, -0.15) is 0 Å². The molecule has 4 aromatic rings. The first-order valence-corrected chi connectivity index (χ1v) is 10.6. The molecule has 0 radical (unpaired) electrons. The number of nitrogens with zero attached hydrogens (tertiary/aromatic N) is 3. The van der Waals surface area contributed by atoms with E-state index in [9.17, 15) is 0 Å². The largest absolute Gasteiger partial charge is 0.299 e. The lowest BCUT2D eigenvalue weighted by molar-refractivity contribution is 0.717. The molecule has 4 heteroatoms. The van der Waals surface area contributed by atoms with Crippen LogP contribution in [0.15, 0.2) is 59.9 Å². The maximum absolute atomic E-state index is 4.89. The lowest BCUT2D eigenvalue weighted by atomic mass is 10.00. The van der Waals surface area contributed by atoms with Crippen molar-refractivity contribution >= 4 is 22.9 Å². The Balaban J connectivity index is 1.71. The second-order valence-corrected chi connectivity index (χ2v) is 8.42. The number of fused-ring (bicyclic) bond motifs is 1. The van der Waals surface area contributed by atoms with Crippen LogP contribution in [-0.4, -0.2) is 14.5 Å². The normalized spacial score (nSPS) is 11.3. The fourth-order valence-electron chi connectivity index (χ4n) is 3.76. The molecule has 2 aromatic heterocycles. The number of rotatable bonds is 5. The first-order valence-electron chi connectivity index (χ1n) is 9.57. The van der Waals surface area contributed by atoms with Crippen LogP contribution >= 0.6 is 11.8 Å². The van der Waals surface area contributed by atoms with Crippen LogP contribution in [0.3, 0.4) is 0 Å². The first kappa shape index (κ1) is 18.8. The number of hydrogen-bond acceptors (Lipinski definition) is 3. The van der Waals surface area contributed by atoms with Crippen molar-refractivity contribution in [3.63, 3.8) is 0 Å². The molecule has 28 heavy (non-hydrogen) atoms. The van der Waals surface area contributed by atoms with Gasteiger partial charge in [-0.15, -0.1) is 0 Å². The van der Waals surface area contributed by atoms with Gasteiger partial charge in [0.2, 0.25) is 0 Å². The van der Waals surface area contributed by atoms with E-state index in [1.54, 1.807) is 11.8 Å². The molecule has 0 spiro atoms. The summed E-state index contributed by atoms with van der Waals surface area (Å²) in [4.78, 5) is 9.52. The zero-order chi connectivity index (χ0) is 19.7. The second-order valence-electron chi connectivity index (χ2n) is 7.48. The molecule has 0 saturated carbocycles. The standard InChI is InChI=1S/C24H25N3S/c1-16-7-5-8-20(13-16)15-28-24-26-22-9-6-10-25-23(22)27(24)14-21-18(3)11-17(2)12-19(21)4/h5-13H,14-15H2,1-4H3. The molecule has 0 N–H and O–H groups in total. The van der Waals surface area contributed by atoms with Crippen molar-refractivity contribution < 1.29 is 0 Å². The molecule has 0 amide bonds. The highest BCUT2D eigenvalue weighted by Gasteiger charge is 2.15. The maximum atomic E-state index is 4.89. The Bertz CT molecular complexity index is 1120. The highest BCUT2D eigenvalue weighted by Crippen LogP contribution is 2.28. The number of benzene rings is 2. The molecule has 0 unspecified atom stereocenters. The minimum absolute atomic E-state index is 0.793. The van der Waals surface area contributed by atoms with Gasteiger partial charge in [0.15, 0.2) is 10.8 Å². The summed E-state index contributed by atoms with van der Waals surface area (Å²) in [6.45, 7) is 9.47. The van der Waals surface area contributed by atoms with E-state index in [2.05, 4.69) is 73.6 Å². The van der Waals surface area contributed by atoms with Gasteiger partial charge in [0.25, 0.3) is 0 Å². The minimum Gasteiger partial charge on any atom is -0.299 e. The van der Waals surface area contributed by atoms with Crippen molar-refractivity contribution in [2.45, 2.75) is 45.1 Å². The first-order chi connectivity index (χ1) is 13.5. The molecule has 0 aliphatic rings. The smallest absolute Gasteiger partial charge is 0.170 e. The van der Waals surface area contributed by atoms with Crippen molar-refractivity contribution in [1.82, 2.24) is 14.5 Å². The monoisotopic (exact) mass is 387 g/mol. The predicted molar refractivity (Wildman–Crippen MR) is 118 cm³/mol. The minimum atomic E-state index is 0.793. The van der Waals surface area contributed by atoms with Crippen molar-refractivity contribution in [3.05, 3.63) is 88.1 Å². The van der Waals surface area contributed by atoms with E-state index in [0.717, 1.165) is 28.6 Å². The Morgan fingerprint density at radius 3 is 2.43 bits per heavy atom. The van der Waals surface area contributed by atoms with E-state index in [1.165, 1.54) is 33.4 Å². The fourth-order valence-corrected chi connectivity index (χ4v) is 4.70. The Morgan fingerprint density at radius 2 is 1.68 bits per heavy atom. The third kappa shape index (κ3) is 3.83. The van der Waals surface area contributed by atoms with Gasteiger partial charge >= 0.3 is 0 Å². The number of aromatic nitrogens is 3. The van der Waals surface area contributed by atoms with E-state index in [4.69, 9.17) is 4.98 Å². The summed E-state index contributed by atoms with van der Waals surface area (Å²) in [5, 5.41) is 1.02. The average molecular weight is 388 g/mol. The molecule has 0 atom stereocenters. The zero-order valence-corrected chi connectivity index (χ0v) is 17.7. The molecular weight excluding hydrogens is 362 g/mol. The van der Waals surface area contributed by atoms with Crippen LogP contribution in [0.25, 0.3) is 11.2 Å². The SMILES string of the molecule is Cc1cccc(CSc2nc3cccnc3n2Cc2c(C)cc(C)cc2C)c1. The molecule has 3 nitrogen and oxygen atoms in total. The highest BCUT2D eigenvalue weighted by molar-refractivity contribution is 7.98. The van der Waals surface area contributed by atoms with Crippen molar-refractivity contribution in [1.29, 1.82) is 0 Å². The number of aryl methyl sites for hydroxylation is 4. The average Bonchev–Trinajstić information content (AvgIpc) is 3.00. The lowest BCUT2D eigenvalue weighted by Crippen LogP contribution is -2.06. The van der Waals surface area contributed by atoms with Crippen LogP contribution in [0, 0.1) is 27.7 Å². The van der Waals surface area contributed by atoms with Crippen molar-refractivity contribution in [2.24, 2.45) is 0 Å². The van der Waals surface area contributed by atoms with Crippen LogP contribution in [0.1, 0.15) is 33.4 Å². The van der Waals surface area contributed by atoms with E-state index in [1.807, 2.05) is 18.3 Å². The Kier molecular flexibility index (Phi) is 5.23. The third-order valence-electron chi connectivity index (χ3n) is 5.08. The molecule has 4 rings (SSSR count). The summed E-state index contributed by atoms with van der Waals surface area (Å²) >= 11 is 1.78. The van der Waals surface area contributed by atoms with Gasteiger partial charge in [0.1, 0.15) is 5.52 Å². The predicted octanol–water partition coefficient (Wildman–Crippen LogP) is 6.01. The molecule has 142 valence electrons. The van der Waals surface area contributed by atoms with E-state index < -0.39 is 0 Å². The summed E-state index contributed by atoms with van der Waals surface area (Å²) in [6, 6.07) is 17.2. The lowest BCUT2D eigenvalue weighted by Gasteiger charge is -2.14. The van der Waals surface area contributed by atoms with Crippen molar-refractivity contribution in [2.75, 3.05) is 0 Å². The van der Waals surface area contributed by atoms with Gasteiger partial charge in [0.05, 0.1) is 6.54 Å². The van der Waals surface area contributed by atoms with Crippen LogP contribution < -0.4 is 0 Å². The summed E-state index contributed by atoms with van der Waals surface area (Å²) in [7, 11) is 0. The molecular formula is C24H25N3S. The number of thioether (sulfide) groups is 1. The molecule has 0 saturated heterocycles. The van der Waals surface area contributed by atoms with E-state index >= 15 is 0 Å². The van der Waals surface area contributed by atoms with Crippen molar-refractivity contribution in [3.8, 4) is 0 Å². The molecule has 2 heterocycles. The third-order valence-corrected chi connectivity index (χ3v) is 6.12. The topological polar surface area (TPSA) is 30.7 Å². The molecule has 0 aliphatic heterocycles. The second kappa shape index (κ2) is 7.80.